The van der Waals surface area contributed by atoms with Crippen LogP contribution in [0.2, 0.25) is 5.02 Å². The third kappa shape index (κ3) is 4.53. The minimum atomic E-state index is -0.123. The summed E-state index contributed by atoms with van der Waals surface area (Å²) in [5.74, 6) is 0.123. The zero-order valence-corrected chi connectivity index (χ0v) is 14.1. The number of carbonyl (C=O) groups is 1. The van der Waals surface area contributed by atoms with Gasteiger partial charge in [-0.05, 0) is 42.5 Å². The lowest BCUT2D eigenvalue weighted by atomic mass is 10.2. The Morgan fingerprint density at radius 1 is 1.08 bits per heavy atom. The highest BCUT2D eigenvalue weighted by atomic mass is 35.5. The Labute approximate surface area is 148 Å². The maximum absolute atomic E-state index is 12.0. The summed E-state index contributed by atoms with van der Waals surface area (Å²) in [5, 5.41) is 12.4. The van der Waals surface area contributed by atoms with Gasteiger partial charge in [-0.2, -0.15) is 0 Å². The second kappa shape index (κ2) is 7.90. The fourth-order valence-corrected chi connectivity index (χ4v) is 2.78. The summed E-state index contributed by atoms with van der Waals surface area (Å²) in [7, 11) is 0. The van der Waals surface area contributed by atoms with Crippen LogP contribution in [0.25, 0.3) is 11.3 Å². The van der Waals surface area contributed by atoms with Crippen LogP contribution in [0.5, 0.6) is 0 Å². The average molecular weight is 357 g/mol. The molecule has 0 aliphatic carbocycles. The fourth-order valence-electron chi connectivity index (χ4n) is 1.98. The lowest BCUT2D eigenvalue weighted by Gasteiger charge is -2.05. The first-order valence-corrected chi connectivity index (χ1v) is 8.49. The number of rotatable bonds is 5. The van der Waals surface area contributed by atoms with Gasteiger partial charge in [0.25, 0.3) is 0 Å². The Balaban J connectivity index is 1.56. The summed E-state index contributed by atoms with van der Waals surface area (Å²) in [4.78, 5) is 15.9. The molecule has 24 heavy (non-hydrogen) atoms. The van der Waals surface area contributed by atoms with Crippen LogP contribution in [0, 0.1) is 0 Å². The minimum absolute atomic E-state index is 0.123. The van der Waals surface area contributed by atoms with Crippen molar-refractivity contribution in [2.75, 3.05) is 11.1 Å². The van der Waals surface area contributed by atoms with Crippen LogP contribution in [0.15, 0.2) is 66.0 Å². The summed E-state index contributed by atoms with van der Waals surface area (Å²) in [6.07, 6.45) is 3.42. The van der Waals surface area contributed by atoms with Crippen LogP contribution >= 0.6 is 23.4 Å². The number of amides is 1. The average Bonchev–Trinajstić information content (AvgIpc) is 2.61. The van der Waals surface area contributed by atoms with Crippen LogP contribution in [-0.2, 0) is 4.79 Å². The van der Waals surface area contributed by atoms with Gasteiger partial charge in [-0.25, -0.2) is 0 Å². The monoisotopic (exact) mass is 356 g/mol. The van der Waals surface area contributed by atoms with Crippen molar-refractivity contribution in [2.24, 2.45) is 0 Å². The van der Waals surface area contributed by atoms with Crippen LogP contribution in [0.4, 0.5) is 5.69 Å². The molecule has 0 saturated heterocycles. The zero-order chi connectivity index (χ0) is 16.8. The van der Waals surface area contributed by atoms with E-state index in [2.05, 4.69) is 20.5 Å². The van der Waals surface area contributed by atoms with Gasteiger partial charge in [-0.1, -0.05) is 29.4 Å². The van der Waals surface area contributed by atoms with Crippen molar-refractivity contribution < 1.29 is 4.79 Å². The topological polar surface area (TPSA) is 67.8 Å². The van der Waals surface area contributed by atoms with Crippen molar-refractivity contribution in [2.45, 2.75) is 5.03 Å². The van der Waals surface area contributed by atoms with E-state index < -0.39 is 0 Å². The predicted octanol–water partition coefficient (Wildman–Crippen LogP) is 3.92. The van der Waals surface area contributed by atoms with Gasteiger partial charge in [0.2, 0.25) is 5.91 Å². The van der Waals surface area contributed by atoms with E-state index in [-0.39, 0.29) is 11.7 Å². The zero-order valence-electron chi connectivity index (χ0n) is 12.5. The molecule has 2 heterocycles. The number of hydrogen-bond acceptors (Lipinski definition) is 5. The van der Waals surface area contributed by atoms with Gasteiger partial charge in [0.05, 0.1) is 11.4 Å². The molecule has 1 amide bonds. The summed E-state index contributed by atoms with van der Waals surface area (Å²) >= 11 is 7.21. The molecule has 0 atom stereocenters. The van der Waals surface area contributed by atoms with Gasteiger partial charge in [0, 0.05) is 28.7 Å². The number of hydrogen-bond donors (Lipinski definition) is 1. The number of nitrogens with zero attached hydrogens (tertiary/aromatic N) is 3. The number of anilines is 1. The molecule has 0 radical (unpaired) electrons. The maximum Gasteiger partial charge on any atom is 0.234 e. The molecule has 0 aliphatic rings. The van der Waals surface area contributed by atoms with E-state index >= 15 is 0 Å². The molecule has 0 spiro atoms. The van der Waals surface area contributed by atoms with Crippen molar-refractivity contribution in [3.63, 3.8) is 0 Å². The van der Waals surface area contributed by atoms with Crippen molar-refractivity contribution >= 4 is 35.0 Å². The fraction of sp³-hybridized carbons (Fsp3) is 0.0588. The predicted molar refractivity (Wildman–Crippen MR) is 96.1 cm³/mol. The molecule has 3 aromatic rings. The van der Waals surface area contributed by atoms with Gasteiger partial charge < -0.3 is 5.32 Å². The molecule has 1 aromatic carbocycles. The normalized spacial score (nSPS) is 10.4. The first kappa shape index (κ1) is 16.4. The molecule has 0 unspecified atom stereocenters. The molecule has 120 valence electrons. The molecule has 0 bridgehead atoms. The van der Waals surface area contributed by atoms with Gasteiger partial charge >= 0.3 is 0 Å². The van der Waals surface area contributed by atoms with Crippen molar-refractivity contribution in [1.82, 2.24) is 15.2 Å². The molecule has 7 heteroatoms. The Bertz CT molecular complexity index is 828. The first-order valence-electron chi connectivity index (χ1n) is 7.13. The van der Waals surface area contributed by atoms with Crippen molar-refractivity contribution in [1.29, 1.82) is 0 Å². The number of carbonyl (C=O) groups excluding carboxylic acids is 1. The molecule has 0 fully saturated rings. The van der Waals surface area contributed by atoms with Crippen LogP contribution in [-0.4, -0.2) is 26.8 Å². The number of aromatic nitrogens is 3. The van der Waals surface area contributed by atoms with E-state index in [4.69, 9.17) is 11.6 Å². The van der Waals surface area contributed by atoms with Crippen LogP contribution in [0.3, 0.4) is 0 Å². The smallest absolute Gasteiger partial charge is 0.234 e. The van der Waals surface area contributed by atoms with Crippen LogP contribution in [0.1, 0.15) is 0 Å². The molecule has 0 saturated carbocycles. The van der Waals surface area contributed by atoms with Gasteiger partial charge in [0.15, 0.2) is 0 Å². The van der Waals surface area contributed by atoms with E-state index in [1.165, 1.54) is 11.8 Å². The van der Waals surface area contributed by atoms with Crippen molar-refractivity contribution in [3.8, 4) is 11.3 Å². The molecular weight excluding hydrogens is 344 g/mol. The largest absolute Gasteiger partial charge is 0.325 e. The highest BCUT2D eigenvalue weighted by molar-refractivity contribution is 7.99. The van der Waals surface area contributed by atoms with Gasteiger partial charge in [-0.3, -0.25) is 9.78 Å². The quantitative estimate of drug-likeness (QED) is 0.702. The second-order valence-corrected chi connectivity index (χ2v) is 6.27. The minimum Gasteiger partial charge on any atom is -0.325 e. The first-order chi connectivity index (χ1) is 11.7. The Hall–Kier alpha value is -2.44. The molecule has 0 aliphatic heterocycles. The van der Waals surface area contributed by atoms with E-state index in [9.17, 15) is 4.79 Å². The Morgan fingerprint density at radius 3 is 2.62 bits per heavy atom. The second-order valence-electron chi connectivity index (χ2n) is 4.84. The summed E-state index contributed by atoms with van der Waals surface area (Å²) in [6.45, 7) is 0. The van der Waals surface area contributed by atoms with Gasteiger partial charge in [0.1, 0.15) is 5.03 Å². The highest BCUT2D eigenvalue weighted by Gasteiger charge is 2.06. The van der Waals surface area contributed by atoms with E-state index in [0.29, 0.717) is 15.7 Å². The van der Waals surface area contributed by atoms with E-state index in [1.54, 1.807) is 36.7 Å². The Kier molecular flexibility index (Phi) is 5.40. The number of thioether (sulfide) groups is 1. The maximum atomic E-state index is 12.0. The third-order valence-corrected chi connectivity index (χ3v) is 4.23. The van der Waals surface area contributed by atoms with E-state index in [0.717, 1.165) is 11.3 Å². The Morgan fingerprint density at radius 2 is 1.92 bits per heavy atom. The summed E-state index contributed by atoms with van der Waals surface area (Å²) < 4.78 is 0. The number of nitrogens with one attached hydrogen (secondary N) is 1. The molecule has 2 aromatic heterocycles. The number of halogens is 1. The lowest BCUT2D eigenvalue weighted by molar-refractivity contribution is -0.113. The lowest BCUT2D eigenvalue weighted by Crippen LogP contribution is -2.14. The highest BCUT2D eigenvalue weighted by Crippen LogP contribution is 2.20. The molecular formula is C17H13ClN4OS. The molecule has 1 N–H and O–H groups in total. The summed E-state index contributed by atoms with van der Waals surface area (Å²) in [5.41, 5.74) is 2.39. The van der Waals surface area contributed by atoms with E-state index in [1.807, 2.05) is 24.3 Å². The van der Waals surface area contributed by atoms with Crippen LogP contribution < -0.4 is 5.32 Å². The SMILES string of the molecule is O=C(CSc1ccc(-c2ccncc2)nn1)Nc1cccc(Cl)c1. The summed E-state index contributed by atoms with van der Waals surface area (Å²) in [6, 6.07) is 14.5. The number of pyridine rings is 1. The molecule has 3 rings (SSSR count). The third-order valence-electron chi connectivity index (χ3n) is 3.08. The number of benzene rings is 1. The molecule has 5 nitrogen and oxygen atoms in total. The van der Waals surface area contributed by atoms with Gasteiger partial charge in [-0.15, -0.1) is 10.2 Å². The van der Waals surface area contributed by atoms with Crippen molar-refractivity contribution in [3.05, 3.63) is 65.9 Å². The standard InChI is InChI=1S/C17H13ClN4OS/c18-13-2-1-3-14(10-13)20-16(23)11-24-17-5-4-15(21-22-17)12-6-8-19-9-7-12/h1-10H,11H2,(H,20,23).